The summed E-state index contributed by atoms with van der Waals surface area (Å²) in [5.41, 5.74) is 3.77. The molecular weight excluding hydrogens is 262 g/mol. The fourth-order valence-electron chi connectivity index (χ4n) is 2.62. The Bertz CT molecular complexity index is 835. The van der Waals surface area contributed by atoms with E-state index < -0.39 is 0 Å². The highest BCUT2D eigenvalue weighted by molar-refractivity contribution is 5.84. The first kappa shape index (κ1) is 13.4. The zero-order valence-electron chi connectivity index (χ0n) is 12.1. The van der Waals surface area contributed by atoms with Gasteiger partial charge >= 0.3 is 0 Å². The van der Waals surface area contributed by atoms with Gasteiger partial charge in [-0.2, -0.15) is 0 Å². The first-order chi connectivity index (χ1) is 10.2. The van der Waals surface area contributed by atoms with E-state index in [0.717, 1.165) is 33.3 Å². The van der Waals surface area contributed by atoms with Crippen molar-refractivity contribution in [1.82, 2.24) is 4.98 Å². The summed E-state index contributed by atoms with van der Waals surface area (Å²) in [6.07, 6.45) is 0.643. The number of nitrogens with one attached hydrogen (secondary N) is 1. The third-order valence-electron chi connectivity index (χ3n) is 3.83. The second kappa shape index (κ2) is 5.44. The summed E-state index contributed by atoms with van der Waals surface area (Å²) in [6.45, 7) is 2.00. The van der Waals surface area contributed by atoms with E-state index in [9.17, 15) is 4.79 Å². The number of aromatic amines is 1. The van der Waals surface area contributed by atoms with E-state index in [1.165, 1.54) is 0 Å². The Hall–Kier alpha value is -2.55. The monoisotopic (exact) mass is 279 g/mol. The number of rotatable bonds is 3. The van der Waals surface area contributed by atoms with E-state index in [1.54, 1.807) is 7.11 Å². The molecular formula is C18H17NO2. The van der Waals surface area contributed by atoms with Gasteiger partial charge in [0.25, 0.3) is 5.56 Å². The van der Waals surface area contributed by atoms with Crippen molar-refractivity contribution in [3.63, 3.8) is 0 Å². The highest BCUT2D eigenvalue weighted by atomic mass is 16.5. The molecule has 106 valence electrons. The first-order valence-electron chi connectivity index (χ1n) is 6.92. The third kappa shape index (κ3) is 2.55. The molecule has 1 heterocycles. The van der Waals surface area contributed by atoms with Crippen LogP contribution in [-0.4, -0.2) is 12.1 Å². The molecule has 3 heteroatoms. The molecule has 2 aromatic carbocycles. The van der Waals surface area contributed by atoms with Crippen molar-refractivity contribution in [1.29, 1.82) is 0 Å². The van der Waals surface area contributed by atoms with Gasteiger partial charge in [-0.05, 0) is 30.2 Å². The Morgan fingerprint density at radius 3 is 2.57 bits per heavy atom. The normalized spacial score (nSPS) is 10.8. The van der Waals surface area contributed by atoms with Crippen LogP contribution in [0.2, 0.25) is 0 Å². The molecule has 1 aromatic heterocycles. The maximum absolute atomic E-state index is 12.4. The van der Waals surface area contributed by atoms with Gasteiger partial charge in [0.1, 0.15) is 5.75 Å². The molecule has 0 unspecified atom stereocenters. The predicted molar refractivity (Wildman–Crippen MR) is 85.1 cm³/mol. The van der Waals surface area contributed by atoms with Crippen molar-refractivity contribution in [3.05, 3.63) is 75.6 Å². The summed E-state index contributed by atoms with van der Waals surface area (Å²) >= 11 is 0. The van der Waals surface area contributed by atoms with Crippen LogP contribution >= 0.6 is 0 Å². The summed E-state index contributed by atoms with van der Waals surface area (Å²) in [6, 6.07) is 15.8. The zero-order chi connectivity index (χ0) is 14.8. The molecule has 3 aromatic rings. The van der Waals surface area contributed by atoms with Gasteiger partial charge in [-0.1, -0.05) is 30.3 Å². The van der Waals surface area contributed by atoms with Gasteiger partial charge < -0.3 is 9.72 Å². The fraction of sp³-hybridized carbons (Fsp3) is 0.167. The number of benzene rings is 2. The predicted octanol–water partition coefficient (Wildman–Crippen LogP) is 3.44. The van der Waals surface area contributed by atoms with Crippen LogP contribution in [0.3, 0.4) is 0 Å². The average Bonchev–Trinajstić information content (AvgIpc) is 2.52. The Morgan fingerprint density at radius 1 is 1.10 bits per heavy atom. The van der Waals surface area contributed by atoms with Gasteiger partial charge in [0.2, 0.25) is 0 Å². The summed E-state index contributed by atoms with van der Waals surface area (Å²) in [5, 5.41) is 1.06. The lowest BCUT2D eigenvalue weighted by Crippen LogP contribution is -2.15. The van der Waals surface area contributed by atoms with Gasteiger partial charge in [0, 0.05) is 23.4 Å². The highest BCUT2D eigenvalue weighted by Gasteiger charge is 2.10. The lowest BCUT2D eigenvalue weighted by Gasteiger charge is -2.10. The van der Waals surface area contributed by atoms with E-state index in [1.807, 2.05) is 55.5 Å². The first-order valence-corrected chi connectivity index (χ1v) is 6.92. The molecule has 0 radical (unpaired) electrons. The van der Waals surface area contributed by atoms with E-state index in [2.05, 4.69) is 4.98 Å². The van der Waals surface area contributed by atoms with E-state index in [4.69, 9.17) is 4.74 Å². The average molecular weight is 279 g/mol. The molecule has 0 aliphatic rings. The summed E-state index contributed by atoms with van der Waals surface area (Å²) in [5.74, 6) is 0.744. The number of hydrogen-bond acceptors (Lipinski definition) is 2. The number of methoxy groups -OCH3 is 1. The number of H-pyrrole nitrogens is 1. The molecule has 0 amide bonds. The molecule has 0 saturated carbocycles. The molecule has 1 N–H and O–H groups in total. The molecule has 3 nitrogen and oxygen atoms in total. The molecule has 0 saturated heterocycles. The molecule has 0 atom stereocenters. The Labute approximate surface area is 123 Å². The van der Waals surface area contributed by atoms with Crippen LogP contribution in [0.15, 0.2) is 53.3 Å². The second-order valence-corrected chi connectivity index (χ2v) is 5.13. The summed E-state index contributed by atoms with van der Waals surface area (Å²) in [7, 11) is 1.62. The quantitative estimate of drug-likeness (QED) is 0.798. The lowest BCUT2D eigenvalue weighted by molar-refractivity contribution is 0.415. The minimum Gasteiger partial charge on any atom is -0.497 e. The van der Waals surface area contributed by atoms with Crippen LogP contribution in [0.1, 0.15) is 16.7 Å². The van der Waals surface area contributed by atoms with E-state index in [0.29, 0.717) is 6.42 Å². The maximum atomic E-state index is 12.4. The van der Waals surface area contributed by atoms with Crippen molar-refractivity contribution in [2.75, 3.05) is 7.11 Å². The van der Waals surface area contributed by atoms with Gasteiger partial charge in [0.15, 0.2) is 0 Å². The topological polar surface area (TPSA) is 42.1 Å². The smallest absolute Gasteiger partial charge is 0.252 e. The number of pyridine rings is 1. The van der Waals surface area contributed by atoms with Crippen molar-refractivity contribution in [3.8, 4) is 5.75 Å². The molecule has 21 heavy (non-hydrogen) atoms. The van der Waals surface area contributed by atoms with Crippen LogP contribution in [0.4, 0.5) is 0 Å². The number of aryl methyl sites for hydroxylation is 1. The minimum absolute atomic E-state index is 0.0305. The molecule has 0 fully saturated rings. The SMILES string of the molecule is COc1ccc2c(C)c(Cc3ccccc3)c(=O)[nH]c2c1. The van der Waals surface area contributed by atoms with Gasteiger partial charge in [-0.15, -0.1) is 0 Å². The highest BCUT2D eigenvalue weighted by Crippen LogP contribution is 2.23. The number of ether oxygens (including phenoxy) is 1. The molecule has 0 aliphatic carbocycles. The van der Waals surface area contributed by atoms with E-state index >= 15 is 0 Å². The fourth-order valence-corrected chi connectivity index (χ4v) is 2.62. The third-order valence-corrected chi connectivity index (χ3v) is 3.83. The van der Waals surface area contributed by atoms with Crippen LogP contribution in [0.5, 0.6) is 5.75 Å². The molecule has 3 rings (SSSR count). The largest absolute Gasteiger partial charge is 0.497 e. The van der Waals surface area contributed by atoms with Gasteiger partial charge in [-0.25, -0.2) is 0 Å². The van der Waals surface area contributed by atoms with Gasteiger partial charge in [-0.3, -0.25) is 4.79 Å². The molecule has 0 aliphatic heterocycles. The zero-order valence-corrected chi connectivity index (χ0v) is 12.1. The van der Waals surface area contributed by atoms with Crippen molar-refractivity contribution in [2.24, 2.45) is 0 Å². The van der Waals surface area contributed by atoms with Crippen LogP contribution < -0.4 is 10.3 Å². The van der Waals surface area contributed by atoms with Crippen LogP contribution in [-0.2, 0) is 6.42 Å². The lowest BCUT2D eigenvalue weighted by atomic mass is 9.99. The number of fused-ring (bicyclic) bond motifs is 1. The maximum Gasteiger partial charge on any atom is 0.252 e. The van der Waals surface area contributed by atoms with Gasteiger partial charge in [0.05, 0.1) is 12.6 Å². The summed E-state index contributed by atoms with van der Waals surface area (Å²) in [4.78, 5) is 15.3. The molecule has 0 bridgehead atoms. The molecule has 0 spiro atoms. The number of aromatic nitrogens is 1. The standard InChI is InChI=1S/C18H17NO2/c1-12-15-9-8-14(21-2)11-17(15)19-18(20)16(12)10-13-6-4-3-5-7-13/h3-9,11H,10H2,1-2H3,(H,19,20). The summed E-state index contributed by atoms with van der Waals surface area (Å²) < 4.78 is 5.21. The van der Waals surface area contributed by atoms with Crippen molar-refractivity contribution in [2.45, 2.75) is 13.3 Å². The Morgan fingerprint density at radius 2 is 1.86 bits per heavy atom. The van der Waals surface area contributed by atoms with Crippen LogP contribution in [0.25, 0.3) is 10.9 Å². The van der Waals surface area contributed by atoms with Crippen molar-refractivity contribution < 1.29 is 4.74 Å². The van der Waals surface area contributed by atoms with Crippen LogP contribution in [0, 0.1) is 6.92 Å². The number of hydrogen-bond donors (Lipinski definition) is 1. The van der Waals surface area contributed by atoms with E-state index in [-0.39, 0.29) is 5.56 Å². The second-order valence-electron chi connectivity index (χ2n) is 5.13. The minimum atomic E-state index is -0.0305. The Kier molecular flexibility index (Phi) is 3.48. The van der Waals surface area contributed by atoms with Crippen molar-refractivity contribution >= 4 is 10.9 Å². The Balaban J connectivity index is 2.14.